The lowest BCUT2D eigenvalue weighted by Crippen LogP contribution is -2.36. The number of fused-ring (bicyclic) bond motifs is 2. The van der Waals surface area contributed by atoms with Gasteiger partial charge in [0.15, 0.2) is 0 Å². The van der Waals surface area contributed by atoms with E-state index in [0.717, 1.165) is 12.8 Å². The lowest BCUT2D eigenvalue weighted by atomic mass is 9.91. The molecule has 196 valence electrons. The average molecular weight is 525 g/mol. The molecule has 39 heavy (non-hydrogen) atoms. The van der Waals surface area contributed by atoms with Crippen LogP contribution < -0.4 is 0 Å². The molecular weight excluding hydrogens is 485 g/mol. The highest BCUT2D eigenvalue weighted by atomic mass is 28.3. The van der Waals surface area contributed by atoms with Crippen LogP contribution in [0.25, 0.3) is 34.4 Å². The summed E-state index contributed by atoms with van der Waals surface area (Å²) in [5, 5.41) is 3.43. The summed E-state index contributed by atoms with van der Waals surface area (Å²) in [6.07, 6.45) is 8.68. The van der Waals surface area contributed by atoms with Crippen LogP contribution in [0.2, 0.25) is 12.6 Å². The summed E-state index contributed by atoms with van der Waals surface area (Å²) in [5.41, 5.74) is 17.1. The van der Waals surface area contributed by atoms with Crippen LogP contribution in [-0.4, -0.2) is 8.07 Å². The van der Waals surface area contributed by atoms with Crippen LogP contribution in [-0.2, 0) is 12.8 Å². The molecule has 0 atom stereocenters. The Morgan fingerprint density at radius 1 is 0.564 bits per heavy atom. The Hall–Kier alpha value is -3.42. The van der Waals surface area contributed by atoms with E-state index in [0.29, 0.717) is 0 Å². The summed E-state index contributed by atoms with van der Waals surface area (Å²) < 4.78 is 0. The van der Waals surface area contributed by atoms with Gasteiger partial charge < -0.3 is 0 Å². The Bertz CT molecular complexity index is 1500. The minimum atomic E-state index is -1.86. The Labute approximate surface area is 236 Å². The van der Waals surface area contributed by atoms with Gasteiger partial charge in [0.25, 0.3) is 0 Å². The molecule has 0 amide bonds. The van der Waals surface area contributed by atoms with Crippen molar-refractivity contribution < 1.29 is 0 Å². The monoisotopic (exact) mass is 524 g/mol. The molecule has 2 aliphatic rings. The molecule has 0 unspecified atom stereocenters. The molecule has 0 N–H and O–H groups in total. The highest BCUT2D eigenvalue weighted by Crippen LogP contribution is 2.46. The van der Waals surface area contributed by atoms with E-state index < -0.39 is 8.07 Å². The second-order valence-corrected chi connectivity index (χ2v) is 16.5. The third-order valence-corrected chi connectivity index (χ3v) is 14.4. The highest BCUT2D eigenvalue weighted by Gasteiger charge is 2.39. The van der Waals surface area contributed by atoms with Gasteiger partial charge in [-0.25, -0.2) is 0 Å². The van der Waals surface area contributed by atoms with Crippen molar-refractivity contribution in [3.63, 3.8) is 0 Å². The maximum Gasteiger partial charge on any atom is 0.106 e. The molecule has 1 heteroatoms. The van der Waals surface area contributed by atoms with Gasteiger partial charge in [0.2, 0.25) is 0 Å². The van der Waals surface area contributed by atoms with Crippen LogP contribution >= 0.6 is 0 Å². The van der Waals surface area contributed by atoms with Crippen LogP contribution in [0.1, 0.15) is 57.9 Å². The molecule has 0 nitrogen and oxygen atoms in total. The maximum absolute atomic E-state index is 2.66. The molecule has 0 heterocycles. The molecule has 0 saturated carbocycles. The van der Waals surface area contributed by atoms with Crippen molar-refractivity contribution in [3.05, 3.63) is 128 Å². The summed E-state index contributed by atoms with van der Waals surface area (Å²) in [7, 11) is -1.86. The second-order valence-electron chi connectivity index (χ2n) is 12.1. The zero-order chi connectivity index (χ0) is 27.3. The third-order valence-electron chi connectivity index (χ3n) is 9.46. The van der Waals surface area contributed by atoms with Crippen LogP contribution in [0.4, 0.5) is 0 Å². The van der Waals surface area contributed by atoms with Crippen LogP contribution in [0, 0.1) is 27.7 Å². The van der Waals surface area contributed by atoms with Gasteiger partial charge in [-0.3, -0.25) is 0 Å². The SMILES string of the molecule is CCC[Si](C)(C1=Cc2c(cccc2-c2c(C)cccc2C)C1)C1=Cc2c(cccc2-c2c(C)cccc2C)C1. The van der Waals surface area contributed by atoms with Gasteiger partial charge in [-0.15, -0.1) is 0 Å². The molecule has 4 aromatic carbocycles. The molecule has 0 aromatic heterocycles. The largest absolute Gasteiger partial charge is 0.106 e. The molecule has 6 rings (SSSR count). The number of hydrogen-bond donors (Lipinski definition) is 0. The van der Waals surface area contributed by atoms with Gasteiger partial charge in [-0.1, -0.05) is 121 Å². The standard InChI is InChI=1S/C38H40Si/c1-7-20-39(6,31-21-29-16-10-18-33(35(29)23-31)37-25(2)12-8-13-26(37)3)32-22-30-17-11-19-34(36(30)24-32)38-27(4)14-9-15-28(38)5/h8-19,23-24H,7,20-22H2,1-6H3. The first-order valence-electron chi connectivity index (χ1n) is 14.6. The Kier molecular flexibility index (Phi) is 6.59. The van der Waals surface area contributed by atoms with Gasteiger partial charge in [0.1, 0.15) is 8.07 Å². The average Bonchev–Trinajstić information content (AvgIpc) is 3.55. The van der Waals surface area contributed by atoms with Crippen LogP contribution in [0.15, 0.2) is 83.2 Å². The first kappa shape index (κ1) is 25.8. The van der Waals surface area contributed by atoms with Gasteiger partial charge in [-0.2, -0.15) is 0 Å². The summed E-state index contributed by atoms with van der Waals surface area (Å²) in [5.74, 6) is 0. The first-order valence-corrected chi connectivity index (χ1v) is 17.3. The molecule has 0 bridgehead atoms. The number of hydrogen-bond acceptors (Lipinski definition) is 0. The van der Waals surface area contributed by atoms with Crippen LogP contribution in [0.3, 0.4) is 0 Å². The Balaban J connectivity index is 1.45. The van der Waals surface area contributed by atoms with E-state index in [1.807, 2.05) is 0 Å². The summed E-state index contributed by atoms with van der Waals surface area (Å²) in [6, 6.07) is 28.7. The van der Waals surface area contributed by atoms with Crippen LogP contribution in [0.5, 0.6) is 0 Å². The van der Waals surface area contributed by atoms with E-state index in [1.54, 1.807) is 10.4 Å². The zero-order valence-electron chi connectivity index (χ0n) is 24.4. The second kappa shape index (κ2) is 9.95. The van der Waals surface area contributed by atoms with E-state index in [9.17, 15) is 0 Å². The van der Waals surface area contributed by atoms with Crippen molar-refractivity contribution >= 4 is 20.2 Å². The van der Waals surface area contributed by atoms with Crippen molar-refractivity contribution in [2.45, 2.75) is 66.5 Å². The topological polar surface area (TPSA) is 0 Å². The van der Waals surface area contributed by atoms with E-state index in [4.69, 9.17) is 0 Å². The molecular formula is C38H40Si. The van der Waals surface area contributed by atoms with Crippen molar-refractivity contribution in [2.75, 3.05) is 0 Å². The number of aryl methyl sites for hydroxylation is 4. The summed E-state index contributed by atoms with van der Waals surface area (Å²) >= 11 is 0. The zero-order valence-corrected chi connectivity index (χ0v) is 25.4. The van der Waals surface area contributed by atoms with E-state index in [1.165, 1.54) is 79.2 Å². The van der Waals surface area contributed by atoms with E-state index in [2.05, 4.69) is 126 Å². The molecule has 2 aliphatic carbocycles. The lowest BCUT2D eigenvalue weighted by molar-refractivity contribution is 1.03. The maximum atomic E-state index is 2.66. The minimum absolute atomic E-state index is 1.11. The number of rotatable bonds is 6. The minimum Gasteiger partial charge on any atom is -0.0712 e. The smallest absolute Gasteiger partial charge is 0.0712 e. The Morgan fingerprint density at radius 3 is 1.33 bits per heavy atom. The van der Waals surface area contributed by atoms with E-state index >= 15 is 0 Å². The van der Waals surface area contributed by atoms with Crippen molar-refractivity contribution in [1.82, 2.24) is 0 Å². The quantitative estimate of drug-likeness (QED) is 0.220. The van der Waals surface area contributed by atoms with Crippen molar-refractivity contribution in [2.24, 2.45) is 0 Å². The lowest BCUT2D eigenvalue weighted by Gasteiger charge is -2.31. The van der Waals surface area contributed by atoms with Gasteiger partial charge in [0.05, 0.1) is 0 Å². The van der Waals surface area contributed by atoms with Gasteiger partial charge >= 0.3 is 0 Å². The van der Waals surface area contributed by atoms with Crippen molar-refractivity contribution in [3.8, 4) is 22.3 Å². The van der Waals surface area contributed by atoms with Gasteiger partial charge in [-0.05, 0) is 107 Å². The molecule has 0 spiro atoms. The third kappa shape index (κ3) is 4.28. The molecule has 0 aliphatic heterocycles. The Morgan fingerprint density at radius 2 is 0.949 bits per heavy atom. The fourth-order valence-electron chi connectivity index (χ4n) is 7.39. The normalized spacial score (nSPS) is 14.2. The van der Waals surface area contributed by atoms with Crippen molar-refractivity contribution in [1.29, 1.82) is 0 Å². The first-order chi connectivity index (χ1) is 18.8. The fourth-order valence-corrected chi connectivity index (χ4v) is 11.5. The summed E-state index contributed by atoms with van der Waals surface area (Å²) in [6.45, 7) is 14.1. The molecule has 0 radical (unpaired) electrons. The predicted molar refractivity (Wildman–Crippen MR) is 173 cm³/mol. The molecule has 0 saturated heterocycles. The molecule has 0 fully saturated rings. The summed E-state index contributed by atoms with van der Waals surface area (Å²) in [4.78, 5) is 0. The number of allylic oxidation sites excluding steroid dienone is 2. The van der Waals surface area contributed by atoms with Gasteiger partial charge in [0, 0.05) is 0 Å². The molecule has 4 aromatic rings. The highest BCUT2D eigenvalue weighted by molar-refractivity contribution is 6.93. The predicted octanol–water partition coefficient (Wildman–Crippen LogP) is 10.4. The number of benzene rings is 4. The van der Waals surface area contributed by atoms with E-state index in [-0.39, 0.29) is 0 Å². The fraction of sp³-hybridized carbons (Fsp3) is 0.263.